The third kappa shape index (κ3) is 6.67. The lowest BCUT2D eigenvalue weighted by atomic mass is 9.75. The second-order valence-corrected chi connectivity index (χ2v) is 12.0. The molecule has 3 aromatic rings. The lowest BCUT2D eigenvalue weighted by Crippen LogP contribution is -2.47. The van der Waals surface area contributed by atoms with Gasteiger partial charge in [-0.15, -0.1) is 0 Å². The Morgan fingerprint density at radius 3 is 2.52 bits per heavy atom. The number of primary amides is 1. The predicted molar refractivity (Wildman–Crippen MR) is 169 cm³/mol. The van der Waals surface area contributed by atoms with Gasteiger partial charge in [-0.25, -0.2) is 4.39 Å². The Labute approximate surface area is 267 Å². The van der Waals surface area contributed by atoms with E-state index in [-0.39, 0.29) is 44.2 Å². The van der Waals surface area contributed by atoms with Crippen LogP contribution < -0.4 is 25.8 Å². The quantitative estimate of drug-likeness (QED) is 0.315. The highest BCUT2D eigenvalue weighted by Crippen LogP contribution is 2.37. The Hall–Kier alpha value is -4.95. The number of carbonyl (C=O) groups excluding carboxylic acids is 3. The number of piperidine rings is 1. The van der Waals surface area contributed by atoms with E-state index < -0.39 is 23.2 Å². The molecule has 0 radical (unpaired) electrons. The SMILES string of the molecule is COc1cc(N2CCC(C(C)(N)c3ccc(COc4cccc5c4CN(C(=O)CCCC(N)=O)C5=O)c(F)c3)CC2)ccc1C#N. The number of ether oxygens (including phenoxy) is 2. The van der Waals surface area contributed by atoms with Crippen molar-refractivity contribution in [2.24, 2.45) is 17.4 Å². The number of hydrogen-bond acceptors (Lipinski definition) is 8. The summed E-state index contributed by atoms with van der Waals surface area (Å²) < 4.78 is 26.8. The zero-order valence-corrected chi connectivity index (χ0v) is 26.1. The van der Waals surface area contributed by atoms with Crippen molar-refractivity contribution >= 4 is 23.4 Å². The number of hydrogen-bond donors (Lipinski definition) is 2. The topological polar surface area (TPSA) is 152 Å². The minimum absolute atomic E-state index is 0.0297. The summed E-state index contributed by atoms with van der Waals surface area (Å²) in [7, 11) is 1.55. The molecule has 0 spiro atoms. The molecule has 1 saturated heterocycles. The number of benzene rings is 3. The molecule has 1 fully saturated rings. The van der Waals surface area contributed by atoms with Crippen molar-refractivity contribution in [1.29, 1.82) is 5.26 Å². The predicted octanol–water partition coefficient (Wildman–Crippen LogP) is 4.51. The van der Waals surface area contributed by atoms with Crippen molar-refractivity contribution in [3.05, 3.63) is 88.2 Å². The van der Waals surface area contributed by atoms with Crippen LogP contribution in [0.1, 0.15) is 71.6 Å². The molecule has 46 heavy (non-hydrogen) atoms. The molecule has 10 nitrogen and oxygen atoms in total. The Kier molecular flexibility index (Phi) is 9.58. The fraction of sp³-hybridized carbons (Fsp3) is 0.371. The van der Waals surface area contributed by atoms with Crippen LogP contribution in [0.5, 0.6) is 11.5 Å². The van der Waals surface area contributed by atoms with Gasteiger partial charge in [-0.05, 0) is 68.0 Å². The van der Waals surface area contributed by atoms with Crippen molar-refractivity contribution in [3.8, 4) is 17.6 Å². The van der Waals surface area contributed by atoms with Gasteiger partial charge in [0.15, 0.2) is 0 Å². The number of rotatable bonds is 11. The normalized spacial score (nSPS) is 16.0. The molecule has 1 unspecified atom stereocenters. The number of carbonyl (C=O) groups is 3. The van der Waals surface area contributed by atoms with Gasteiger partial charge in [0.1, 0.15) is 30.0 Å². The second-order valence-electron chi connectivity index (χ2n) is 12.0. The monoisotopic (exact) mass is 627 g/mol. The Bertz CT molecular complexity index is 1690. The minimum atomic E-state index is -0.761. The number of nitrogens with zero attached hydrogens (tertiary/aromatic N) is 3. The third-order valence-electron chi connectivity index (χ3n) is 9.11. The standard InChI is InChI=1S/C35H38FN5O5/c1-35(39,24-13-15-40(16-14-24)26-12-10-22(19-37)31(18-26)45-2)25-11-9-23(29(36)17-25)21-46-30-6-3-5-27-28(30)20-41(34(27)44)33(43)8-4-7-32(38)42/h3,5-6,9-12,17-18,24H,4,7-8,13-16,20-21,39H2,1-2H3,(H2,38,42). The number of amides is 3. The molecule has 0 aliphatic carbocycles. The zero-order valence-electron chi connectivity index (χ0n) is 26.1. The number of anilines is 1. The average Bonchev–Trinajstić information content (AvgIpc) is 3.40. The molecule has 11 heteroatoms. The maximum absolute atomic E-state index is 15.4. The largest absolute Gasteiger partial charge is 0.495 e. The van der Waals surface area contributed by atoms with Gasteiger partial charge in [-0.2, -0.15) is 5.26 Å². The molecule has 5 rings (SSSR count). The molecular formula is C35H38FN5O5. The smallest absolute Gasteiger partial charge is 0.261 e. The van der Waals surface area contributed by atoms with Gasteiger partial charge >= 0.3 is 0 Å². The maximum atomic E-state index is 15.4. The van der Waals surface area contributed by atoms with E-state index in [0.717, 1.165) is 36.5 Å². The molecule has 3 amide bonds. The lowest BCUT2D eigenvalue weighted by molar-refractivity contribution is -0.129. The number of nitriles is 1. The fourth-order valence-corrected chi connectivity index (χ4v) is 6.29. The third-order valence-corrected chi connectivity index (χ3v) is 9.11. The van der Waals surface area contributed by atoms with Crippen LogP contribution in [0.15, 0.2) is 54.6 Å². The van der Waals surface area contributed by atoms with Gasteiger partial charge < -0.3 is 25.8 Å². The van der Waals surface area contributed by atoms with Gasteiger partial charge in [-0.3, -0.25) is 19.3 Å². The number of halogens is 1. The number of fused-ring (bicyclic) bond motifs is 1. The van der Waals surface area contributed by atoms with Crippen molar-refractivity contribution in [2.75, 3.05) is 25.1 Å². The van der Waals surface area contributed by atoms with Gasteiger partial charge in [0.2, 0.25) is 11.8 Å². The Morgan fingerprint density at radius 1 is 1.09 bits per heavy atom. The molecule has 3 aromatic carbocycles. The van der Waals surface area contributed by atoms with Gasteiger partial charge in [0, 0.05) is 59.9 Å². The van der Waals surface area contributed by atoms with E-state index in [4.69, 9.17) is 20.9 Å². The lowest BCUT2D eigenvalue weighted by Gasteiger charge is -2.41. The van der Waals surface area contributed by atoms with Gasteiger partial charge in [0.25, 0.3) is 5.91 Å². The van der Waals surface area contributed by atoms with E-state index >= 15 is 4.39 Å². The first kappa shape index (κ1) is 32.4. The van der Waals surface area contributed by atoms with Crippen LogP contribution in [-0.2, 0) is 28.3 Å². The Balaban J connectivity index is 1.21. The summed E-state index contributed by atoms with van der Waals surface area (Å²) in [6, 6.07) is 17.7. The molecule has 2 aliphatic rings. The van der Waals surface area contributed by atoms with E-state index in [1.807, 2.05) is 25.1 Å². The summed E-state index contributed by atoms with van der Waals surface area (Å²) in [4.78, 5) is 39.9. The molecule has 240 valence electrons. The number of imide groups is 1. The van der Waals surface area contributed by atoms with E-state index in [2.05, 4.69) is 11.0 Å². The van der Waals surface area contributed by atoms with Crippen LogP contribution in [0.4, 0.5) is 10.1 Å². The molecule has 0 bridgehead atoms. The fourth-order valence-electron chi connectivity index (χ4n) is 6.29. The first-order valence-corrected chi connectivity index (χ1v) is 15.3. The molecule has 4 N–H and O–H groups in total. The van der Waals surface area contributed by atoms with Gasteiger partial charge in [0.05, 0.1) is 19.2 Å². The molecule has 0 saturated carbocycles. The van der Waals surface area contributed by atoms with Crippen LogP contribution in [-0.4, -0.2) is 42.8 Å². The summed E-state index contributed by atoms with van der Waals surface area (Å²) in [5.74, 6) is -0.690. The maximum Gasteiger partial charge on any atom is 0.261 e. The molecule has 1 atom stereocenters. The number of methoxy groups -OCH3 is 1. The minimum Gasteiger partial charge on any atom is -0.495 e. The van der Waals surface area contributed by atoms with Crippen molar-refractivity contribution in [1.82, 2.24) is 4.90 Å². The van der Waals surface area contributed by atoms with E-state index in [0.29, 0.717) is 39.3 Å². The van der Waals surface area contributed by atoms with Crippen molar-refractivity contribution < 1.29 is 28.2 Å². The highest BCUT2D eigenvalue weighted by molar-refractivity contribution is 6.08. The zero-order chi connectivity index (χ0) is 33.0. The van der Waals surface area contributed by atoms with Crippen LogP contribution in [0.3, 0.4) is 0 Å². The van der Waals surface area contributed by atoms with Crippen molar-refractivity contribution in [3.63, 3.8) is 0 Å². The van der Waals surface area contributed by atoms with Gasteiger partial charge in [-0.1, -0.05) is 18.2 Å². The number of nitrogens with two attached hydrogens (primary N) is 2. The molecule has 2 aliphatic heterocycles. The highest BCUT2D eigenvalue weighted by atomic mass is 19.1. The molecule has 0 aromatic heterocycles. The molecule has 2 heterocycles. The van der Waals surface area contributed by atoms with Crippen LogP contribution >= 0.6 is 0 Å². The second kappa shape index (κ2) is 13.6. The summed E-state index contributed by atoms with van der Waals surface area (Å²) in [5.41, 5.74) is 14.7. The van der Waals surface area contributed by atoms with Crippen molar-refractivity contribution in [2.45, 2.75) is 57.7 Å². The first-order valence-electron chi connectivity index (χ1n) is 15.3. The van der Waals surface area contributed by atoms with E-state index in [1.54, 1.807) is 37.4 Å². The summed E-state index contributed by atoms with van der Waals surface area (Å²) in [6.07, 6.45) is 1.98. The summed E-state index contributed by atoms with van der Waals surface area (Å²) in [6.45, 7) is 3.44. The highest BCUT2D eigenvalue weighted by Gasteiger charge is 2.36. The van der Waals surface area contributed by atoms with E-state index in [1.165, 1.54) is 6.07 Å². The van der Waals surface area contributed by atoms with Crippen LogP contribution in [0.25, 0.3) is 0 Å². The van der Waals surface area contributed by atoms with E-state index in [9.17, 15) is 19.6 Å². The first-order chi connectivity index (χ1) is 22.0. The Morgan fingerprint density at radius 2 is 1.85 bits per heavy atom. The summed E-state index contributed by atoms with van der Waals surface area (Å²) >= 11 is 0. The molecular weight excluding hydrogens is 589 g/mol. The average molecular weight is 628 g/mol. The summed E-state index contributed by atoms with van der Waals surface area (Å²) in [5, 5.41) is 9.28. The van der Waals surface area contributed by atoms with Crippen LogP contribution in [0.2, 0.25) is 0 Å². The van der Waals surface area contributed by atoms with Crippen LogP contribution in [0, 0.1) is 23.1 Å².